The minimum Gasteiger partial charge on any atom is -0.329 e. The van der Waals surface area contributed by atoms with E-state index < -0.39 is 0 Å². The van der Waals surface area contributed by atoms with E-state index in [9.17, 15) is 0 Å². The molecular formula is C15H26N2S. The summed E-state index contributed by atoms with van der Waals surface area (Å²) in [5.74, 6) is 0. The number of hydrogen-bond acceptors (Lipinski definition) is 3. The van der Waals surface area contributed by atoms with Gasteiger partial charge < -0.3 is 5.73 Å². The summed E-state index contributed by atoms with van der Waals surface area (Å²) < 4.78 is 0. The fourth-order valence-corrected chi connectivity index (χ4v) is 4.26. The number of nitrogens with zero attached hydrogens (tertiary/aromatic N) is 1. The van der Waals surface area contributed by atoms with Crippen LogP contribution in [0.2, 0.25) is 0 Å². The van der Waals surface area contributed by atoms with E-state index in [1.165, 1.54) is 31.2 Å². The second kappa shape index (κ2) is 5.32. The fourth-order valence-electron chi connectivity index (χ4n) is 3.60. The third kappa shape index (κ3) is 2.36. The molecule has 1 unspecified atom stereocenters. The Kier molecular flexibility index (Phi) is 4.15. The molecule has 1 aromatic rings. The average Bonchev–Trinajstić information content (AvgIpc) is 2.81. The van der Waals surface area contributed by atoms with Crippen molar-refractivity contribution in [2.24, 2.45) is 11.1 Å². The zero-order valence-electron chi connectivity index (χ0n) is 11.9. The van der Waals surface area contributed by atoms with Gasteiger partial charge in [-0.3, -0.25) is 4.90 Å². The summed E-state index contributed by atoms with van der Waals surface area (Å²) in [5.41, 5.74) is 8.09. The normalized spacial score (nSPS) is 27.6. The molecule has 0 bridgehead atoms. The average molecular weight is 266 g/mol. The molecular weight excluding hydrogens is 240 g/mol. The van der Waals surface area contributed by atoms with E-state index in [4.69, 9.17) is 5.73 Å². The molecule has 18 heavy (non-hydrogen) atoms. The van der Waals surface area contributed by atoms with E-state index in [2.05, 4.69) is 42.6 Å². The van der Waals surface area contributed by atoms with Crippen molar-refractivity contribution in [2.45, 2.75) is 51.6 Å². The largest absolute Gasteiger partial charge is 0.329 e. The highest BCUT2D eigenvalue weighted by atomic mass is 32.1. The Morgan fingerprint density at radius 1 is 1.33 bits per heavy atom. The number of rotatable bonds is 4. The van der Waals surface area contributed by atoms with Gasteiger partial charge in [0, 0.05) is 18.6 Å². The fraction of sp³-hybridized carbons (Fsp3) is 0.733. The number of hydrogen-bond donors (Lipinski definition) is 1. The number of likely N-dealkylation sites (N-methyl/N-ethyl adjacent to an activating group) is 1. The standard InChI is InChI=1S/C15H26N2S/c1-14(2)7-4-5-8-15(14,12-16)17(3)10-13-6-9-18-11-13/h6,9,11H,4-5,7-8,10,12,16H2,1-3H3. The van der Waals surface area contributed by atoms with Crippen LogP contribution in [0.25, 0.3) is 0 Å². The monoisotopic (exact) mass is 266 g/mol. The van der Waals surface area contributed by atoms with Crippen LogP contribution < -0.4 is 5.73 Å². The van der Waals surface area contributed by atoms with E-state index in [-0.39, 0.29) is 5.54 Å². The molecule has 1 aliphatic rings. The van der Waals surface area contributed by atoms with Crippen LogP contribution in [0.1, 0.15) is 45.1 Å². The quantitative estimate of drug-likeness (QED) is 0.904. The molecule has 0 aliphatic heterocycles. The molecule has 3 heteroatoms. The van der Waals surface area contributed by atoms with Crippen LogP contribution in [-0.4, -0.2) is 24.0 Å². The molecule has 1 atom stereocenters. The molecule has 0 amide bonds. The van der Waals surface area contributed by atoms with E-state index in [0.29, 0.717) is 5.41 Å². The molecule has 0 radical (unpaired) electrons. The molecule has 1 fully saturated rings. The third-order valence-corrected chi connectivity index (χ3v) is 5.70. The number of nitrogens with two attached hydrogens (primary N) is 1. The Labute approximate surface area is 115 Å². The molecule has 102 valence electrons. The molecule has 2 rings (SSSR count). The maximum absolute atomic E-state index is 6.20. The summed E-state index contributed by atoms with van der Waals surface area (Å²) in [7, 11) is 2.25. The van der Waals surface area contributed by atoms with Crippen molar-refractivity contribution < 1.29 is 0 Å². The predicted molar refractivity (Wildman–Crippen MR) is 79.8 cm³/mol. The van der Waals surface area contributed by atoms with Gasteiger partial charge in [0.05, 0.1) is 0 Å². The maximum Gasteiger partial charge on any atom is 0.0383 e. The van der Waals surface area contributed by atoms with Gasteiger partial charge in [0.15, 0.2) is 0 Å². The first-order chi connectivity index (χ1) is 8.52. The van der Waals surface area contributed by atoms with Crippen molar-refractivity contribution in [2.75, 3.05) is 13.6 Å². The lowest BCUT2D eigenvalue weighted by molar-refractivity contribution is -0.0334. The first kappa shape index (κ1) is 14.0. The molecule has 1 aliphatic carbocycles. The van der Waals surface area contributed by atoms with E-state index >= 15 is 0 Å². The first-order valence-electron chi connectivity index (χ1n) is 6.94. The smallest absolute Gasteiger partial charge is 0.0383 e. The zero-order chi connectivity index (χ0) is 13.2. The van der Waals surface area contributed by atoms with E-state index in [0.717, 1.165) is 13.1 Å². The van der Waals surface area contributed by atoms with Gasteiger partial charge in [-0.2, -0.15) is 11.3 Å². The lowest BCUT2D eigenvalue weighted by Gasteiger charge is -2.55. The van der Waals surface area contributed by atoms with Gasteiger partial charge in [-0.25, -0.2) is 0 Å². The van der Waals surface area contributed by atoms with E-state index in [1.54, 1.807) is 11.3 Å². The van der Waals surface area contributed by atoms with Gasteiger partial charge in [-0.1, -0.05) is 26.7 Å². The van der Waals surface area contributed by atoms with Crippen LogP contribution in [-0.2, 0) is 6.54 Å². The van der Waals surface area contributed by atoms with Crippen LogP contribution in [0.5, 0.6) is 0 Å². The number of thiophene rings is 1. The predicted octanol–water partition coefficient (Wildman–Crippen LogP) is 3.48. The Hall–Kier alpha value is -0.380. The topological polar surface area (TPSA) is 29.3 Å². The van der Waals surface area contributed by atoms with Crippen molar-refractivity contribution in [3.63, 3.8) is 0 Å². The highest BCUT2D eigenvalue weighted by Crippen LogP contribution is 2.46. The second-order valence-corrected chi connectivity index (χ2v) is 7.09. The zero-order valence-corrected chi connectivity index (χ0v) is 12.7. The van der Waals surface area contributed by atoms with Gasteiger partial charge in [-0.15, -0.1) is 0 Å². The van der Waals surface area contributed by atoms with Gasteiger partial charge >= 0.3 is 0 Å². The third-order valence-electron chi connectivity index (χ3n) is 4.97. The molecule has 0 saturated heterocycles. The van der Waals surface area contributed by atoms with Crippen LogP contribution in [0.3, 0.4) is 0 Å². The van der Waals surface area contributed by atoms with Crippen molar-refractivity contribution in [3.05, 3.63) is 22.4 Å². The van der Waals surface area contributed by atoms with E-state index in [1.807, 2.05) is 0 Å². The summed E-state index contributed by atoms with van der Waals surface area (Å²) in [6.07, 6.45) is 5.19. The summed E-state index contributed by atoms with van der Waals surface area (Å²) in [6, 6.07) is 2.22. The SMILES string of the molecule is CN(Cc1ccsc1)C1(CN)CCCCC1(C)C. The first-order valence-corrected chi connectivity index (χ1v) is 7.88. The van der Waals surface area contributed by atoms with Crippen molar-refractivity contribution in [3.8, 4) is 0 Å². The highest BCUT2D eigenvalue weighted by Gasteiger charge is 2.48. The van der Waals surface area contributed by atoms with Crippen molar-refractivity contribution >= 4 is 11.3 Å². The minimum absolute atomic E-state index is 0.160. The summed E-state index contributed by atoms with van der Waals surface area (Å²) in [5, 5.41) is 4.40. The molecule has 0 aromatic carbocycles. The molecule has 1 aromatic heterocycles. The summed E-state index contributed by atoms with van der Waals surface area (Å²) in [6.45, 7) is 6.57. The highest BCUT2D eigenvalue weighted by molar-refractivity contribution is 7.07. The van der Waals surface area contributed by atoms with Gasteiger partial charge in [0.2, 0.25) is 0 Å². The van der Waals surface area contributed by atoms with Gasteiger partial charge in [-0.05, 0) is 47.7 Å². The molecule has 0 spiro atoms. The molecule has 1 saturated carbocycles. The minimum atomic E-state index is 0.160. The van der Waals surface area contributed by atoms with Crippen LogP contribution >= 0.6 is 11.3 Å². The van der Waals surface area contributed by atoms with Crippen molar-refractivity contribution in [1.29, 1.82) is 0 Å². The molecule has 2 nitrogen and oxygen atoms in total. The second-order valence-electron chi connectivity index (χ2n) is 6.31. The van der Waals surface area contributed by atoms with Crippen molar-refractivity contribution in [1.82, 2.24) is 4.90 Å². The molecule has 1 heterocycles. The summed E-state index contributed by atoms with van der Waals surface area (Å²) >= 11 is 1.78. The van der Waals surface area contributed by atoms with Crippen LogP contribution in [0.15, 0.2) is 16.8 Å². The van der Waals surface area contributed by atoms with Gasteiger partial charge in [0.25, 0.3) is 0 Å². The van der Waals surface area contributed by atoms with Gasteiger partial charge in [0.1, 0.15) is 0 Å². The summed E-state index contributed by atoms with van der Waals surface area (Å²) in [4.78, 5) is 2.51. The maximum atomic E-state index is 6.20. The Bertz CT molecular complexity index is 372. The Morgan fingerprint density at radius 2 is 2.06 bits per heavy atom. The Balaban J connectivity index is 2.20. The van der Waals surface area contributed by atoms with Crippen LogP contribution in [0, 0.1) is 5.41 Å². The Morgan fingerprint density at radius 3 is 2.61 bits per heavy atom. The molecule has 2 N–H and O–H groups in total. The lowest BCUT2D eigenvalue weighted by atomic mass is 9.62. The lowest BCUT2D eigenvalue weighted by Crippen LogP contribution is -2.62. The van der Waals surface area contributed by atoms with Crippen LogP contribution in [0.4, 0.5) is 0 Å².